The van der Waals surface area contributed by atoms with E-state index in [1.807, 2.05) is 30.3 Å². The van der Waals surface area contributed by atoms with Crippen molar-refractivity contribution >= 4 is 17.3 Å². The number of nitrogens with one attached hydrogen (secondary N) is 1. The summed E-state index contributed by atoms with van der Waals surface area (Å²) in [6.07, 6.45) is 2.24. The first-order chi connectivity index (χ1) is 26.7. The lowest BCUT2D eigenvalue weighted by atomic mass is 10.2. The van der Waals surface area contributed by atoms with Gasteiger partial charge in [-0.05, 0) is 42.8 Å². The Labute approximate surface area is 321 Å². The highest BCUT2D eigenvalue weighted by Gasteiger charge is 2.07. The number of hydrogen-bond donors (Lipinski definition) is 2. The maximum atomic E-state index is 12.1. The largest absolute Gasteiger partial charge is 0.489 e. The Morgan fingerprint density at radius 3 is 1.26 bits per heavy atom. The highest BCUT2D eigenvalue weighted by atomic mass is 16.6. The van der Waals surface area contributed by atoms with Gasteiger partial charge in [-0.25, -0.2) is 4.79 Å². The molecule has 15 heteroatoms. The number of nitrogen functional groups attached to an aromatic ring is 1. The molecule has 0 heterocycles. The SMILES string of the molecule is CCCCNc1ccc(C(=O)OCCOCCOCCOCCOCCOCCOCCOCCOCCOCCOCCOc2ccccc2N)cc1. The van der Waals surface area contributed by atoms with Gasteiger partial charge in [0, 0.05) is 12.2 Å². The Bertz CT molecular complexity index is 1130. The lowest BCUT2D eigenvalue weighted by Gasteiger charge is -2.10. The molecule has 2 aromatic rings. The summed E-state index contributed by atoms with van der Waals surface area (Å²) in [5.41, 5.74) is 7.95. The highest BCUT2D eigenvalue weighted by Crippen LogP contribution is 2.19. The van der Waals surface area contributed by atoms with Crippen LogP contribution in [-0.2, 0) is 52.1 Å². The van der Waals surface area contributed by atoms with Crippen LogP contribution in [0.5, 0.6) is 5.75 Å². The molecule has 308 valence electrons. The number of hydrogen-bond acceptors (Lipinski definition) is 15. The molecule has 0 radical (unpaired) electrons. The van der Waals surface area contributed by atoms with Gasteiger partial charge < -0.3 is 67.9 Å². The van der Waals surface area contributed by atoms with Gasteiger partial charge in [0.05, 0.1) is 143 Å². The number of esters is 1. The average molecular weight is 769 g/mol. The summed E-state index contributed by atoms with van der Waals surface area (Å²) in [6, 6.07) is 14.7. The third-order valence-electron chi connectivity index (χ3n) is 7.19. The predicted octanol–water partition coefficient (Wildman–Crippen LogP) is 3.88. The molecule has 0 aliphatic heterocycles. The van der Waals surface area contributed by atoms with Crippen LogP contribution in [0.1, 0.15) is 30.1 Å². The summed E-state index contributed by atoms with van der Waals surface area (Å²) in [5, 5.41) is 3.32. The summed E-state index contributed by atoms with van der Waals surface area (Å²) in [6.45, 7) is 13.1. The van der Waals surface area contributed by atoms with Crippen molar-refractivity contribution in [3.05, 3.63) is 54.1 Å². The summed E-state index contributed by atoms with van der Waals surface area (Å²) in [4.78, 5) is 12.1. The van der Waals surface area contributed by atoms with Crippen molar-refractivity contribution in [2.45, 2.75) is 19.8 Å². The van der Waals surface area contributed by atoms with Crippen LogP contribution in [0.2, 0.25) is 0 Å². The van der Waals surface area contributed by atoms with E-state index in [0.29, 0.717) is 156 Å². The van der Waals surface area contributed by atoms with Crippen molar-refractivity contribution in [2.24, 2.45) is 0 Å². The number of ether oxygens (including phenoxy) is 12. The second-order valence-electron chi connectivity index (χ2n) is 11.5. The minimum atomic E-state index is -0.363. The van der Waals surface area contributed by atoms with Gasteiger partial charge in [0.2, 0.25) is 0 Å². The van der Waals surface area contributed by atoms with Gasteiger partial charge in [0.1, 0.15) is 19.0 Å². The standard InChI is InChI=1S/C39H64N2O13/c1-2-3-12-41-36-10-8-35(9-11-36)39(42)54-34-32-52-30-28-50-26-24-48-22-20-46-18-16-44-14-13-43-15-17-45-19-21-47-23-25-49-27-29-51-31-33-53-38-7-5-4-6-37(38)40/h4-11,41H,2-3,12-34,40H2,1H3. The molecule has 3 N–H and O–H groups in total. The van der Waals surface area contributed by atoms with Crippen LogP contribution in [0, 0.1) is 0 Å². The van der Waals surface area contributed by atoms with Crippen molar-refractivity contribution in [3.63, 3.8) is 0 Å². The van der Waals surface area contributed by atoms with Gasteiger partial charge in [-0.1, -0.05) is 25.5 Å². The van der Waals surface area contributed by atoms with Crippen LogP contribution in [-0.4, -0.2) is 158 Å². The third kappa shape index (κ3) is 27.5. The number of anilines is 2. The molecule has 15 nitrogen and oxygen atoms in total. The minimum Gasteiger partial charge on any atom is -0.489 e. The molecule has 0 amide bonds. The first-order valence-electron chi connectivity index (χ1n) is 19.0. The number of rotatable bonds is 39. The minimum absolute atomic E-state index is 0.187. The number of carbonyl (C=O) groups is 1. The van der Waals surface area contributed by atoms with Crippen LogP contribution in [0.4, 0.5) is 11.4 Å². The van der Waals surface area contributed by atoms with Crippen molar-refractivity contribution < 1.29 is 61.6 Å². The van der Waals surface area contributed by atoms with E-state index in [-0.39, 0.29) is 12.6 Å². The predicted molar refractivity (Wildman–Crippen MR) is 205 cm³/mol. The van der Waals surface area contributed by atoms with Crippen LogP contribution < -0.4 is 15.8 Å². The molecule has 2 rings (SSSR count). The van der Waals surface area contributed by atoms with E-state index in [1.54, 1.807) is 18.2 Å². The Morgan fingerprint density at radius 2 is 0.870 bits per heavy atom. The quantitative estimate of drug-likeness (QED) is 0.0571. The van der Waals surface area contributed by atoms with Crippen molar-refractivity contribution in [1.29, 1.82) is 0 Å². The maximum Gasteiger partial charge on any atom is 0.338 e. The molecule has 0 atom stereocenters. The van der Waals surface area contributed by atoms with Crippen molar-refractivity contribution in [3.8, 4) is 5.75 Å². The smallest absolute Gasteiger partial charge is 0.338 e. The van der Waals surface area contributed by atoms with E-state index >= 15 is 0 Å². The van der Waals surface area contributed by atoms with Crippen LogP contribution in [0.15, 0.2) is 48.5 Å². The molecular weight excluding hydrogens is 704 g/mol. The zero-order chi connectivity index (χ0) is 38.4. The Kier molecular flexibility index (Phi) is 31.0. The molecular formula is C39H64N2O13. The van der Waals surface area contributed by atoms with E-state index in [2.05, 4.69) is 12.2 Å². The molecule has 0 aromatic heterocycles. The first kappa shape index (κ1) is 47.1. The average Bonchev–Trinajstić information content (AvgIpc) is 3.19. The Morgan fingerprint density at radius 1 is 0.500 bits per heavy atom. The molecule has 0 unspecified atom stereocenters. The normalized spacial score (nSPS) is 11.2. The molecule has 0 saturated heterocycles. The first-order valence-corrected chi connectivity index (χ1v) is 19.0. The summed E-state index contributed by atoms with van der Waals surface area (Å²) >= 11 is 0. The molecule has 0 aliphatic carbocycles. The Hall–Kier alpha value is -3.09. The zero-order valence-corrected chi connectivity index (χ0v) is 32.2. The molecule has 0 aliphatic rings. The molecule has 54 heavy (non-hydrogen) atoms. The number of benzene rings is 2. The molecule has 0 saturated carbocycles. The second-order valence-corrected chi connectivity index (χ2v) is 11.5. The highest BCUT2D eigenvalue weighted by molar-refractivity contribution is 5.89. The van der Waals surface area contributed by atoms with Crippen LogP contribution in [0.25, 0.3) is 0 Å². The molecule has 2 aromatic carbocycles. The Balaban J connectivity index is 1.17. The van der Waals surface area contributed by atoms with E-state index in [9.17, 15) is 4.79 Å². The number of para-hydroxylation sites is 2. The van der Waals surface area contributed by atoms with Gasteiger partial charge in [-0.2, -0.15) is 0 Å². The lowest BCUT2D eigenvalue weighted by molar-refractivity contribution is -0.0273. The fourth-order valence-corrected chi connectivity index (χ4v) is 4.31. The molecule has 0 fully saturated rings. The lowest BCUT2D eigenvalue weighted by Crippen LogP contribution is -2.16. The molecule has 0 spiro atoms. The fraction of sp³-hybridized carbons (Fsp3) is 0.667. The third-order valence-corrected chi connectivity index (χ3v) is 7.19. The van der Waals surface area contributed by atoms with Crippen molar-refractivity contribution in [1.82, 2.24) is 0 Å². The van der Waals surface area contributed by atoms with Gasteiger partial charge in [0.15, 0.2) is 0 Å². The van der Waals surface area contributed by atoms with Crippen LogP contribution >= 0.6 is 0 Å². The van der Waals surface area contributed by atoms with Gasteiger partial charge in [-0.3, -0.25) is 0 Å². The number of unbranched alkanes of at least 4 members (excludes halogenated alkanes) is 1. The monoisotopic (exact) mass is 768 g/mol. The number of nitrogens with two attached hydrogens (primary N) is 1. The zero-order valence-electron chi connectivity index (χ0n) is 32.2. The van der Waals surface area contributed by atoms with Crippen LogP contribution in [0.3, 0.4) is 0 Å². The summed E-state index contributed by atoms with van der Waals surface area (Å²) in [7, 11) is 0. The second kappa shape index (κ2) is 35.6. The molecule has 0 bridgehead atoms. The van der Waals surface area contributed by atoms with E-state index < -0.39 is 0 Å². The van der Waals surface area contributed by atoms with E-state index in [0.717, 1.165) is 25.1 Å². The number of carbonyl (C=O) groups excluding carboxylic acids is 1. The van der Waals surface area contributed by atoms with Gasteiger partial charge in [-0.15, -0.1) is 0 Å². The van der Waals surface area contributed by atoms with Gasteiger partial charge in [0.25, 0.3) is 0 Å². The maximum absolute atomic E-state index is 12.1. The van der Waals surface area contributed by atoms with E-state index in [4.69, 9.17) is 62.6 Å². The summed E-state index contributed by atoms with van der Waals surface area (Å²) < 4.78 is 65.7. The van der Waals surface area contributed by atoms with Crippen molar-refractivity contribution in [2.75, 3.05) is 163 Å². The van der Waals surface area contributed by atoms with E-state index in [1.165, 1.54) is 0 Å². The van der Waals surface area contributed by atoms with Gasteiger partial charge >= 0.3 is 5.97 Å². The summed E-state index contributed by atoms with van der Waals surface area (Å²) in [5.74, 6) is 0.301. The topological polar surface area (TPSA) is 166 Å². The fourth-order valence-electron chi connectivity index (χ4n) is 4.31.